The first-order valence-electron chi connectivity index (χ1n) is 6.26. The summed E-state index contributed by atoms with van der Waals surface area (Å²) in [6.45, 7) is 10.7. The minimum Gasteiger partial charge on any atom is -0.393 e. The second-order valence-electron chi connectivity index (χ2n) is 5.59. The zero-order chi connectivity index (χ0) is 12.8. The van der Waals surface area contributed by atoms with Gasteiger partial charge in [-0.15, -0.1) is 0 Å². The van der Waals surface area contributed by atoms with Crippen LogP contribution in [0.1, 0.15) is 53.9 Å². The maximum Gasteiger partial charge on any atom is 0.225 e. The highest BCUT2D eigenvalue weighted by Crippen LogP contribution is 2.25. The Hall–Kier alpha value is -0.570. The van der Waals surface area contributed by atoms with Crippen LogP contribution in [0.15, 0.2) is 0 Å². The van der Waals surface area contributed by atoms with Crippen molar-refractivity contribution in [2.24, 2.45) is 11.3 Å². The third kappa shape index (κ3) is 6.11. The van der Waals surface area contributed by atoms with Gasteiger partial charge in [0, 0.05) is 12.0 Å². The van der Waals surface area contributed by atoms with Gasteiger partial charge < -0.3 is 10.4 Å². The number of rotatable bonds is 7. The first-order chi connectivity index (χ1) is 7.29. The second-order valence-corrected chi connectivity index (χ2v) is 5.59. The summed E-state index contributed by atoms with van der Waals surface area (Å²) in [6, 6.07) is 0. The monoisotopic (exact) mass is 229 g/mol. The summed E-state index contributed by atoms with van der Waals surface area (Å²) in [6.07, 6.45) is 1.97. The van der Waals surface area contributed by atoms with Gasteiger partial charge >= 0.3 is 0 Å². The minimum absolute atomic E-state index is 0.0875. The van der Waals surface area contributed by atoms with Gasteiger partial charge in [-0.05, 0) is 25.2 Å². The lowest BCUT2D eigenvalue weighted by atomic mass is 9.83. The molecule has 0 rings (SSSR count). The standard InChI is InChI=1S/C13H27NO2/c1-6-11(15)7-8-14-12(16)13(4,5)9-10(2)3/h10-11,15H,6-9H2,1-5H3,(H,14,16). The van der Waals surface area contributed by atoms with E-state index in [-0.39, 0.29) is 17.4 Å². The number of aliphatic hydroxyl groups excluding tert-OH is 1. The molecule has 1 atom stereocenters. The van der Waals surface area contributed by atoms with Crippen LogP contribution < -0.4 is 5.32 Å². The Morgan fingerprint density at radius 3 is 2.38 bits per heavy atom. The normalized spacial score (nSPS) is 13.9. The first-order valence-corrected chi connectivity index (χ1v) is 6.26. The van der Waals surface area contributed by atoms with Gasteiger partial charge in [-0.2, -0.15) is 0 Å². The molecule has 0 radical (unpaired) electrons. The van der Waals surface area contributed by atoms with Crippen molar-refractivity contribution in [2.45, 2.75) is 60.0 Å². The second kappa shape index (κ2) is 6.89. The number of carbonyl (C=O) groups is 1. The van der Waals surface area contributed by atoms with E-state index in [9.17, 15) is 9.90 Å². The van der Waals surface area contributed by atoms with Gasteiger partial charge in [0.1, 0.15) is 0 Å². The smallest absolute Gasteiger partial charge is 0.225 e. The topological polar surface area (TPSA) is 49.3 Å². The van der Waals surface area contributed by atoms with Crippen molar-refractivity contribution in [1.29, 1.82) is 0 Å². The summed E-state index contributed by atoms with van der Waals surface area (Å²) < 4.78 is 0. The molecule has 2 N–H and O–H groups in total. The lowest BCUT2D eigenvalue weighted by molar-refractivity contribution is -0.130. The van der Waals surface area contributed by atoms with E-state index in [4.69, 9.17) is 0 Å². The molecule has 0 bridgehead atoms. The van der Waals surface area contributed by atoms with Crippen molar-refractivity contribution in [3.8, 4) is 0 Å². The molecule has 3 heteroatoms. The highest BCUT2D eigenvalue weighted by atomic mass is 16.3. The van der Waals surface area contributed by atoms with E-state index in [1.807, 2.05) is 20.8 Å². The molecule has 0 spiro atoms. The van der Waals surface area contributed by atoms with Crippen LogP contribution in [0, 0.1) is 11.3 Å². The third-order valence-electron chi connectivity index (χ3n) is 2.77. The van der Waals surface area contributed by atoms with Gasteiger partial charge in [0.2, 0.25) is 5.91 Å². The van der Waals surface area contributed by atoms with Gasteiger partial charge in [0.25, 0.3) is 0 Å². The van der Waals surface area contributed by atoms with Gasteiger partial charge in [0.15, 0.2) is 0 Å². The molecule has 16 heavy (non-hydrogen) atoms. The highest BCUT2D eigenvalue weighted by molar-refractivity contribution is 5.81. The summed E-state index contributed by atoms with van der Waals surface area (Å²) in [4.78, 5) is 11.9. The lowest BCUT2D eigenvalue weighted by Crippen LogP contribution is -2.39. The van der Waals surface area contributed by atoms with Gasteiger partial charge in [-0.1, -0.05) is 34.6 Å². The van der Waals surface area contributed by atoms with E-state index in [0.29, 0.717) is 18.9 Å². The molecule has 0 aromatic rings. The number of aliphatic hydroxyl groups is 1. The van der Waals surface area contributed by atoms with Gasteiger partial charge in [-0.3, -0.25) is 4.79 Å². The maximum absolute atomic E-state index is 11.9. The van der Waals surface area contributed by atoms with Crippen LogP contribution in [0.25, 0.3) is 0 Å². The summed E-state index contributed by atoms with van der Waals surface area (Å²) >= 11 is 0. The van der Waals surface area contributed by atoms with E-state index >= 15 is 0 Å². The Morgan fingerprint density at radius 2 is 1.94 bits per heavy atom. The fraction of sp³-hybridized carbons (Fsp3) is 0.923. The van der Waals surface area contributed by atoms with Gasteiger partial charge in [0.05, 0.1) is 6.10 Å². The molecule has 1 unspecified atom stereocenters. The molecule has 3 nitrogen and oxygen atoms in total. The molecule has 0 saturated heterocycles. The van der Waals surface area contributed by atoms with Crippen molar-refractivity contribution in [1.82, 2.24) is 5.32 Å². The summed E-state index contributed by atoms with van der Waals surface area (Å²) in [5, 5.41) is 12.3. The molecule has 0 fully saturated rings. The molecule has 0 aliphatic heterocycles. The van der Waals surface area contributed by atoms with Crippen LogP contribution >= 0.6 is 0 Å². The van der Waals surface area contributed by atoms with Crippen LogP contribution in [0.2, 0.25) is 0 Å². The minimum atomic E-state index is -0.314. The molecule has 0 aliphatic carbocycles. The molecule has 0 aliphatic rings. The average Bonchev–Trinajstić information content (AvgIpc) is 2.15. The quantitative estimate of drug-likeness (QED) is 0.704. The van der Waals surface area contributed by atoms with Crippen molar-refractivity contribution in [3.05, 3.63) is 0 Å². The van der Waals surface area contributed by atoms with E-state index in [1.165, 1.54) is 0 Å². The molecule has 1 amide bonds. The van der Waals surface area contributed by atoms with E-state index in [1.54, 1.807) is 0 Å². The summed E-state index contributed by atoms with van der Waals surface area (Å²) in [7, 11) is 0. The Bertz CT molecular complexity index is 212. The predicted octanol–water partition coefficient (Wildman–Crippen LogP) is 2.34. The lowest BCUT2D eigenvalue weighted by Gasteiger charge is -2.25. The molecule has 96 valence electrons. The van der Waals surface area contributed by atoms with Crippen LogP contribution in [0.5, 0.6) is 0 Å². The summed E-state index contributed by atoms with van der Waals surface area (Å²) in [5.74, 6) is 0.603. The van der Waals surface area contributed by atoms with Crippen molar-refractivity contribution in [3.63, 3.8) is 0 Å². The van der Waals surface area contributed by atoms with Crippen LogP contribution in [0.4, 0.5) is 0 Å². The first kappa shape index (κ1) is 15.4. The molecular formula is C13H27NO2. The summed E-state index contributed by atoms with van der Waals surface area (Å²) in [5.41, 5.74) is -0.314. The van der Waals surface area contributed by atoms with E-state index in [0.717, 1.165) is 12.8 Å². The maximum atomic E-state index is 11.9. The Kier molecular flexibility index (Phi) is 6.65. The molecule has 0 aromatic carbocycles. The van der Waals surface area contributed by atoms with E-state index in [2.05, 4.69) is 19.2 Å². The van der Waals surface area contributed by atoms with Crippen LogP contribution in [0.3, 0.4) is 0 Å². The van der Waals surface area contributed by atoms with Crippen LogP contribution in [-0.2, 0) is 4.79 Å². The van der Waals surface area contributed by atoms with Crippen molar-refractivity contribution >= 4 is 5.91 Å². The number of amides is 1. The SMILES string of the molecule is CCC(O)CCNC(=O)C(C)(C)CC(C)C. The molecule has 0 heterocycles. The Balaban J connectivity index is 3.95. The van der Waals surface area contributed by atoms with E-state index < -0.39 is 0 Å². The number of carbonyl (C=O) groups excluding carboxylic acids is 1. The molecular weight excluding hydrogens is 202 g/mol. The van der Waals surface area contributed by atoms with Crippen molar-refractivity contribution in [2.75, 3.05) is 6.54 Å². The number of nitrogens with one attached hydrogen (secondary N) is 1. The Morgan fingerprint density at radius 1 is 1.38 bits per heavy atom. The average molecular weight is 229 g/mol. The Labute approximate surface area is 99.6 Å². The number of hydrogen-bond acceptors (Lipinski definition) is 2. The third-order valence-corrected chi connectivity index (χ3v) is 2.77. The van der Waals surface area contributed by atoms with Gasteiger partial charge in [-0.25, -0.2) is 0 Å². The van der Waals surface area contributed by atoms with Crippen molar-refractivity contribution < 1.29 is 9.90 Å². The van der Waals surface area contributed by atoms with Crippen LogP contribution in [-0.4, -0.2) is 23.7 Å². The molecule has 0 saturated carbocycles. The molecule has 0 aromatic heterocycles. The highest BCUT2D eigenvalue weighted by Gasteiger charge is 2.27. The zero-order valence-corrected chi connectivity index (χ0v) is 11.3. The fourth-order valence-electron chi connectivity index (χ4n) is 1.91. The number of hydrogen-bond donors (Lipinski definition) is 2. The fourth-order valence-corrected chi connectivity index (χ4v) is 1.91. The predicted molar refractivity (Wildman–Crippen MR) is 67.2 cm³/mol. The zero-order valence-electron chi connectivity index (χ0n) is 11.3. The largest absolute Gasteiger partial charge is 0.393 e.